The van der Waals surface area contributed by atoms with E-state index in [0.29, 0.717) is 18.1 Å². The van der Waals surface area contributed by atoms with Crippen molar-refractivity contribution in [2.24, 2.45) is 17.6 Å². The predicted octanol–water partition coefficient (Wildman–Crippen LogP) is 3.49. The van der Waals surface area contributed by atoms with Gasteiger partial charge in [0.25, 0.3) is 0 Å². The number of halogens is 2. The second-order valence-corrected chi connectivity index (χ2v) is 10.8. The van der Waals surface area contributed by atoms with E-state index in [1.807, 2.05) is 12.1 Å². The molecule has 174 valence electrons. The Kier molecular flexibility index (Phi) is 7.70. The Bertz CT molecular complexity index is 1110. The Morgan fingerprint density at radius 3 is 2.12 bits per heavy atom. The smallest absolute Gasteiger partial charge is 0.243 e. The van der Waals surface area contributed by atoms with Crippen LogP contribution in [0.25, 0.3) is 10.8 Å². The molecular formula is C22H28Cl2N4O3S. The highest BCUT2D eigenvalue weighted by molar-refractivity contribution is 7.89. The number of rotatable bonds is 4. The highest BCUT2D eigenvalue weighted by Gasteiger charge is 2.34. The lowest BCUT2D eigenvalue weighted by atomic mass is 9.81. The first-order chi connectivity index (χ1) is 14.8. The minimum Gasteiger partial charge on any atom is -0.387 e. The molecule has 1 saturated carbocycles. The molecule has 7 nitrogen and oxygen atoms in total. The number of piperazine rings is 1. The molecule has 32 heavy (non-hydrogen) atoms. The van der Waals surface area contributed by atoms with Crippen molar-refractivity contribution in [1.82, 2.24) is 9.21 Å². The first-order valence-corrected chi connectivity index (χ1v) is 12.4. The fraction of sp³-hybridized carbons (Fsp3) is 0.455. The van der Waals surface area contributed by atoms with Gasteiger partial charge in [0.15, 0.2) is 0 Å². The van der Waals surface area contributed by atoms with E-state index in [9.17, 15) is 13.2 Å². The van der Waals surface area contributed by atoms with Crippen LogP contribution < -0.4 is 5.73 Å². The van der Waals surface area contributed by atoms with Crippen LogP contribution in [0.2, 0.25) is 5.02 Å². The molecule has 10 heteroatoms. The standard InChI is InChI=1S/C22H27ClN4O3S.ClH/c23-19-7-5-18-14-20(8-6-17(18)13-19)31(29,30)27-11-9-26(10-12-27)22(28)16-3-1-15(2-4-16)21(24)25;/h5-8,13-16H,1-4,9-12H2,(H3,24,25);1H. The zero-order valence-corrected chi connectivity index (χ0v) is 20.1. The number of fused-ring (bicyclic) bond motifs is 1. The summed E-state index contributed by atoms with van der Waals surface area (Å²) >= 11 is 6.01. The van der Waals surface area contributed by atoms with Gasteiger partial charge in [-0.05, 0) is 60.7 Å². The van der Waals surface area contributed by atoms with Crippen molar-refractivity contribution in [3.8, 4) is 0 Å². The van der Waals surface area contributed by atoms with Crippen LogP contribution in [0.1, 0.15) is 25.7 Å². The van der Waals surface area contributed by atoms with Crippen molar-refractivity contribution in [3.05, 3.63) is 41.4 Å². The summed E-state index contributed by atoms with van der Waals surface area (Å²) in [6, 6.07) is 10.4. The number of benzene rings is 2. The highest BCUT2D eigenvalue weighted by atomic mass is 35.5. The SMILES string of the molecule is Cl.N=C(N)C1CCC(C(=O)N2CCN(S(=O)(=O)c3ccc4cc(Cl)ccc4c3)CC2)CC1. The molecule has 0 bridgehead atoms. The average molecular weight is 499 g/mol. The van der Waals surface area contributed by atoms with Crippen LogP contribution in [0, 0.1) is 17.2 Å². The zero-order chi connectivity index (χ0) is 22.2. The third-order valence-corrected chi connectivity index (χ3v) is 8.61. The van der Waals surface area contributed by atoms with E-state index in [4.69, 9.17) is 22.7 Å². The molecule has 1 aliphatic heterocycles. The summed E-state index contributed by atoms with van der Waals surface area (Å²) in [7, 11) is -3.63. The number of hydrogen-bond donors (Lipinski definition) is 2. The van der Waals surface area contributed by atoms with Crippen molar-refractivity contribution in [2.75, 3.05) is 26.2 Å². The van der Waals surface area contributed by atoms with Gasteiger partial charge in [0.2, 0.25) is 15.9 Å². The van der Waals surface area contributed by atoms with E-state index in [2.05, 4.69) is 0 Å². The van der Waals surface area contributed by atoms with Crippen LogP contribution in [0.4, 0.5) is 0 Å². The number of amidine groups is 1. The lowest BCUT2D eigenvalue weighted by molar-refractivity contribution is -0.137. The Morgan fingerprint density at radius 2 is 1.50 bits per heavy atom. The lowest BCUT2D eigenvalue weighted by Crippen LogP contribution is -2.52. The molecule has 2 aliphatic rings. The molecule has 0 unspecified atom stereocenters. The van der Waals surface area contributed by atoms with Crippen LogP contribution in [-0.4, -0.2) is 55.5 Å². The largest absolute Gasteiger partial charge is 0.387 e. The quantitative estimate of drug-likeness (QED) is 0.496. The second kappa shape index (κ2) is 9.95. The maximum atomic E-state index is 13.1. The van der Waals surface area contributed by atoms with E-state index in [-0.39, 0.29) is 54.0 Å². The number of amides is 1. The number of carbonyl (C=O) groups is 1. The third-order valence-electron chi connectivity index (χ3n) is 6.48. The summed E-state index contributed by atoms with van der Waals surface area (Å²) in [6.45, 7) is 1.37. The fourth-order valence-corrected chi connectivity index (χ4v) is 6.20. The topological polar surface area (TPSA) is 108 Å². The van der Waals surface area contributed by atoms with E-state index >= 15 is 0 Å². The zero-order valence-electron chi connectivity index (χ0n) is 17.7. The monoisotopic (exact) mass is 498 g/mol. The van der Waals surface area contributed by atoms with Gasteiger partial charge in [-0.15, -0.1) is 12.4 Å². The van der Waals surface area contributed by atoms with Gasteiger partial charge in [0.05, 0.1) is 10.7 Å². The average Bonchev–Trinajstić information content (AvgIpc) is 2.78. The number of nitrogens with two attached hydrogens (primary N) is 1. The third kappa shape index (κ3) is 5.03. The summed E-state index contributed by atoms with van der Waals surface area (Å²) in [6.07, 6.45) is 3.02. The first-order valence-electron chi connectivity index (χ1n) is 10.6. The second-order valence-electron chi connectivity index (χ2n) is 8.39. The fourth-order valence-electron chi connectivity index (χ4n) is 4.56. The molecule has 0 radical (unpaired) electrons. The molecule has 0 aromatic heterocycles. The number of hydrogen-bond acceptors (Lipinski definition) is 4. The molecule has 3 N–H and O–H groups in total. The molecule has 4 rings (SSSR count). The number of carbonyl (C=O) groups excluding carboxylic acids is 1. The summed E-state index contributed by atoms with van der Waals surface area (Å²) in [4.78, 5) is 14.9. The molecule has 2 aromatic carbocycles. The Morgan fingerprint density at radius 1 is 0.938 bits per heavy atom. The molecule has 1 heterocycles. The van der Waals surface area contributed by atoms with Crippen molar-refractivity contribution in [3.63, 3.8) is 0 Å². The van der Waals surface area contributed by atoms with Gasteiger partial charge in [0.1, 0.15) is 0 Å². The van der Waals surface area contributed by atoms with Crippen LogP contribution in [0.3, 0.4) is 0 Å². The van der Waals surface area contributed by atoms with Crippen molar-refractivity contribution < 1.29 is 13.2 Å². The van der Waals surface area contributed by atoms with Crippen molar-refractivity contribution in [2.45, 2.75) is 30.6 Å². The molecule has 1 amide bonds. The van der Waals surface area contributed by atoms with Gasteiger partial charge >= 0.3 is 0 Å². The Labute approximate surface area is 199 Å². The van der Waals surface area contributed by atoms with Crippen LogP contribution in [0.15, 0.2) is 41.3 Å². The molecule has 2 fully saturated rings. The Hall–Kier alpha value is -1.87. The molecule has 1 aliphatic carbocycles. The summed E-state index contributed by atoms with van der Waals surface area (Å²) in [5.41, 5.74) is 5.59. The van der Waals surface area contributed by atoms with Gasteiger partial charge in [-0.1, -0.05) is 23.7 Å². The molecular weight excluding hydrogens is 471 g/mol. The van der Waals surface area contributed by atoms with Gasteiger partial charge in [0, 0.05) is 43.0 Å². The number of nitrogens with one attached hydrogen (secondary N) is 1. The predicted molar refractivity (Wildman–Crippen MR) is 129 cm³/mol. The van der Waals surface area contributed by atoms with Crippen molar-refractivity contribution >= 4 is 56.5 Å². The van der Waals surface area contributed by atoms with E-state index in [1.54, 1.807) is 29.2 Å². The van der Waals surface area contributed by atoms with E-state index in [0.717, 1.165) is 36.5 Å². The van der Waals surface area contributed by atoms with Crippen LogP contribution >= 0.6 is 24.0 Å². The molecule has 2 aromatic rings. The minimum atomic E-state index is -3.63. The number of nitrogens with zero attached hydrogens (tertiary/aromatic N) is 2. The van der Waals surface area contributed by atoms with Crippen LogP contribution in [0.5, 0.6) is 0 Å². The first kappa shape index (κ1) is 24.8. The molecule has 0 spiro atoms. The van der Waals surface area contributed by atoms with Gasteiger partial charge in [-0.2, -0.15) is 4.31 Å². The van der Waals surface area contributed by atoms with Gasteiger partial charge in [-0.25, -0.2) is 8.42 Å². The van der Waals surface area contributed by atoms with Gasteiger partial charge < -0.3 is 10.6 Å². The summed E-state index contributed by atoms with van der Waals surface area (Å²) < 4.78 is 27.7. The van der Waals surface area contributed by atoms with Crippen LogP contribution in [-0.2, 0) is 14.8 Å². The maximum Gasteiger partial charge on any atom is 0.243 e. The number of sulfonamides is 1. The summed E-state index contributed by atoms with van der Waals surface area (Å²) in [5.74, 6) is 0.346. The normalized spacial score (nSPS) is 22.3. The molecule has 0 atom stereocenters. The highest BCUT2D eigenvalue weighted by Crippen LogP contribution is 2.31. The van der Waals surface area contributed by atoms with Gasteiger partial charge in [-0.3, -0.25) is 10.2 Å². The van der Waals surface area contributed by atoms with E-state index in [1.165, 1.54) is 4.31 Å². The molecule has 1 saturated heterocycles. The minimum absolute atomic E-state index is 0. The lowest BCUT2D eigenvalue weighted by Gasteiger charge is -2.37. The summed E-state index contributed by atoms with van der Waals surface area (Å²) in [5, 5.41) is 9.90. The maximum absolute atomic E-state index is 13.1. The van der Waals surface area contributed by atoms with E-state index < -0.39 is 10.0 Å². The van der Waals surface area contributed by atoms with Crippen molar-refractivity contribution in [1.29, 1.82) is 5.41 Å². The Balaban J connectivity index is 0.00000289.